The minimum Gasteiger partial charge on any atom is -0.354 e. The summed E-state index contributed by atoms with van der Waals surface area (Å²) in [4.78, 5) is 8.03. The molecule has 0 aromatic carbocycles. The molecule has 11 heteroatoms. The zero-order valence-electron chi connectivity index (χ0n) is 12.9. The van der Waals surface area contributed by atoms with Gasteiger partial charge in [-0.3, -0.25) is 4.90 Å². The molecule has 0 spiro atoms. The van der Waals surface area contributed by atoms with E-state index in [1.807, 2.05) is 4.90 Å². The molecule has 0 amide bonds. The number of hydrogen-bond donors (Lipinski definition) is 0. The summed E-state index contributed by atoms with van der Waals surface area (Å²) in [6.45, 7) is 3.39. The Morgan fingerprint density at radius 2 is 1.96 bits per heavy atom. The van der Waals surface area contributed by atoms with Gasteiger partial charge in [-0.05, 0) is 12.5 Å². The fourth-order valence-electron chi connectivity index (χ4n) is 2.66. The van der Waals surface area contributed by atoms with Crippen LogP contribution in [0, 0.1) is 0 Å². The first-order chi connectivity index (χ1) is 11.8. The first-order valence-electron chi connectivity index (χ1n) is 7.51. The molecular weight excluding hydrogens is 398 g/mol. The molecule has 0 atom stereocenters. The smallest absolute Gasteiger partial charge is 0.354 e. The van der Waals surface area contributed by atoms with Gasteiger partial charge in [0, 0.05) is 50.5 Å². The van der Waals surface area contributed by atoms with Crippen LogP contribution in [0.2, 0.25) is 9.36 Å². The summed E-state index contributed by atoms with van der Waals surface area (Å²) < 4.78 is 42.6. The summed E-state index contributed by atoms with van der Waals surface area (Å²) in [6.07, 6.45) is -2.80. The van der Waals surface area contributed by atoms with Gasteiger partial charge in [0.1, 0.15) is 15.8 Å². The molecule has 1 fully saturated rings. The van der Waals surface area contributed by atoms with Crippen molar-refractivity contribution in [3.63, 3.8) is 0 Å². The minimum atomic E-state index is -4.45. The Morgan fingerprint density at radius 3 is 2.60 bits per heavy atom. The molecule has 1 aliphatic heterocycles. The van der Waals surface area contributed by atoms with Crippen LogP contribution in [0.1, 0.15) is 17.7 Å². The number of halogens is 5. The van der Waals surface area contributed by atoms with Crippen LogP contribution < -0.4 is 4.90 Å². The molecule has 1 aliphatic rings. The molecule has 1 saturated heterocycles. The second kappa shape index (κ2) is 7.61. The SMILES string of the molecule is FC(F)(F)c1cnc(N2CCCN(Cc3nnsc3Cl)CC2)c(Cl)c1. The minimum absolute atomic E-state index is 0.00928. The first-order valence-corrected chi connectivity index (χ1v) is 9.04. The molecule has 2 aromatic rings. The topological polar surface area (TPSA) is 45.2 Å². The third-order valence-corrected chi connectivity index (χ3v) is 5.18. The maximum atomic E-state index is 12.7. The van der Waals surface area contributed by atoms with E-state index in [9.17, 15) is 13.2 Å². The van der Waals surface area contributed by atoms with E-state index in [0.717, 1.165) is 42.5 Å². The van der Waals surface area contributed by atoms with Crippen LogP contribution in [-0.4, -0.2) is 45.6 Å². The number of pyridine rings is 1. The molecule has 0 saturated carbocycles. The van der Waals surface area contributed by atoms with E-state index in [4.69, 9.17) is 23.2 Å². The van der Waals surface area contributed by atoms with Gasteiger partial charge in [0.2, 0.25) is 0 Å². The van der Waals surface area contributed by atoms with Crippen LogP contribution in [-0.2, 0) is 12.7 Å². The van der Waals surface area contributed by atoms with Gasteiger partial charge in [0.25, 0.3) is 0 Å². The molecule has 0 N–H and O–H groups in total. The van der Waals surface area contributed by atoms with E-state index < -0.39 is 11.7 Å². The molecule has 5 nitrogen and oxygen atoms in total. The van der Waals surface area contributed by atoms with E-state index in [1.165, 1.54) is 0 Å². The van der Waals surface area contributed by atoms with Crippen molar-refractivity contribution >= 4 is 40.6 Å². The highest BCUT2D eigenvalue weighted by Gasteiger charge is 2.32. The van der Waals surface area contributed by atoms with Crippen LogP contribution >= 0.6 is 34.7 Å². The Labute approximate surface area is 156 Å². The average molecular weight is 412 g/mol. The fraction of sp³-hybridized carbons (Fsp3) is 0.500. The molecule has 2 aromatic heterocycles. The van der Waals surface area contributed by atoms with Gasteiger partial charge >= 0.3 is 6.18 Å². The van der Waals surface area contributed by atoms with Gasteiger partial charge in [-0.2, -0.15) is 13.2 Å². The van der Waals surface area contributed by atoms with Crippen molar-refractivity contribution in [3.05, 3.63) is 32.9 Å². The van der Waals surface area contributed by atoms with Gasteiger partial charge in [0.05, 0.1) is 10.6 Å². The standard InChI is InChI=1S/C14H14Cl2F3N5S/c15-10-6-9(14(17,18)19)7-20-13(10)24-3-1-2-23(4-5-24)8-11-12(16)25-22-21-11/h6-7H,1-5,8H2. The van der Waals surface area contributed by atoms with Crippen LogP contribution in [0.3, 0.4) is 0 Å². The molecule has 0 unspecified atom stereocenters. The Balaban J connectivity index is 1.68. The van der Waals surface area contributed by atoms with Crippen molar-refractivity contribution in [2.45, 2.75) is 19.1 Å². The summed E-state index contributed by atoms with van der Waals surface area (Å²) in [5.74, 6) is 0.380. The van der Waals surface area contributed by atoms with Gasteiger partial charge in [0.15, 0.2) is 0 Å². The molecule has 136 valence electrons. The van der Waals surface area contributed by atoms with Crippen LogP contribution in [0.25, 0.3) is 0 Å². The number of hydrogen-bond acceptors (Lipinski definition) is 6. The Kier molecular flexibility index (Phi) is 5.67. The summed E-state index contributed by atoms with van der Waals surface area (Å²) >= 11 is 13.2. The molecule has 3 rings (SSSR count). The van der Waals surface area contributed by atoms with E-state index in [-0.39, 0.29) is 5.02 Å². The van der Waals surface area contributed by atoms with Crippen LogP contribution in [0.4, 0.5) is 19.0 Å². The monoisotopic (exact) mass is 411 g/mol. The van der Waals surface area contributed by atoms with E-state index in [2.05, 4.69) is 19.5 Å². The predicted octanol–water partition coefficient (Wildman–Crippen LogP) is 3.97. The largest absolute Gasteiger partial charge is 0.417 e. The maximum Gasteiger partial charge on any atom is 0.417 e. The fourth-order valence-corrected chi connectivity index (χ4v) is 3.56. The van der Waals surface area contributed by atoms with Crippen molar-refractivity contribution in [3.8, 4) is 0 Å². The van der Waals surface area contributed by atoms with Crippen molar-refractivity contribution in [1.82, 2.24) is 19.5 Å². The van der Waals surface area contributed by atoms with Gasteiger partial charge in [-0.25, -0.2) is 4.98 Å². The van der Waals surface area contributed by atoms with Gasteiger partial charge in [-0.1, -0.05) is 27.7 Å². The quantitative estimate of drug-likeness (QED) is 0.764. The zero-order chi connectivity index (χ0) is 18.0. The number of alkyl halides is 3. The normalized spacial score (nSPS) is 16.9. The third kappa shape index (κ3) is 4.52. The molecule has 25 heavy (non-hydrogen) atoms. The van der Waals surface area contributed by atoms with E-state index in [0.29, 0.717) is 36.3 Å². The van der Waals surface area contributed by atoms with Crippen molar-refractivity contribution < 1.29 is 13.2 Å². The molecule has 0 aliphatic carbocycles. The second-order valence-electron chi connectivity index (χ2n) is 5.64. The lowest BCUT2D eigenvalue weighted by Gasteiger charge is -2.23. The second-order valence-corrected chi connectivity index (χ2v) is 7.40. The number of nitrogens with zero attached hydrogens (tertiary/aromatic N) is 5. The van der Waals surface area contributed by atoms with Crippen LogP contribution in [0.5, 0.6) is 0 Å². The highest BCUT2D eigenvalue weighted by Crippen LogP contribution is 2.33. The first kappa shape index (κ1) is 18.6. The van der Waals surface area contributed by atoms with Gasteiger partial charge in [-0.15, -0.1) is 5.10 Å². The van der Waals surface area contributed by atoms with Crippen molar-refractivity contribution in [2.75, 3.05) is 31.1 Å². The molecule has 0 radical (unpaired) electrons. The highest BCUT2D eigenvalue weighted by molar-refractivity contribution is 7.10. The lowest BCUT2D eigenvalue weighted by Crippen LogP contribution is -2.31. The predicted molar refractivity (Wildman–Crippen MR) is 91.3 cm³/mol. The highest BCUT2D eigenvalue weighted by atomic mass is 35.5. The lowest BCUT2D eigenvalue weighted by atomic mass is 10.2. The van der Waals surface area contributed by atoms with Crippen LogP contribution in [0.15, 0.2) is 12.3 Å². The van der Waals surface area contributed by atoms with Crippen molar-refractivity contribution in [2.24, 2.45) is 0 Å². The number of rotatable bonds is 3. The Morgan fingerprint density at radius 1 is 1.16 bits per heavy atom. The average Bonchev–Trinajstić information content (AvgIpc) is 2.81. The van der Waals surface area contributed by atoms with E-state index in [1.54, 1.807) is 0 Å². The van der Waals surface area contributed by atoms with Gasteiger partial charge < -0.3 is 4.90 Å². The zero-order valence-corrected chi connectivity index (χ0v) is 15.3. The summed E-state index contributed by atoms with van der Waals surface area (Å²) in [7, 11) is 0. The number of aromatic nitrogens is 3. The third-order valence-electron chi connectivity index (χ3n) is 3.92. The number of anilines is 1. The van der Waals surface area contributed by atoms with Crippen molar-refractivity contribution in [1.29, 1.82) is 0 Å². The molecule has 3 heterocycles. The molecule has 0 bridgehead atoms. The summed E-state index contributed by atoms with van der Waals surface area (Å²) in [5.41, 5.74) is -0.103. The summed E-state index contributed by atoms with van der Waals surface area (Å²) in [6, 6.07) is 0.924. The van der Waals surface area contributed by atoms with E-state index >= 15 is 0 Å². The molecular formula is C14H14Cl2F3N5S. The Bertz CT molecular complexity index is 739. The maximum absolute atomic E-state index is 12.7. The lowest BCUT2D eigenvalue weighted by molar-refractivity contribution is -0.137. The Hall–Kier alpha value is -1.16. The summed E-state index contributed by atoms with van der Waals surface area (Å²) in [5, 5.41) is 4.02.